The van der Waals surface area contributed by atoms with Crippen molar-refractivity contribution in [1.29, 1.82) is 10.5 Å². The summed E-state index contributed by atoms with van der Waals surface area (Å²) in [4.78, 5) is 4.58. The van der Waals surface area contributed by atoms with Crippen molar-refractivity contribution in [1.82, 2.24) is 4.98 Å². The Morgan fingerprint density at radius 1 is 0.769 bits per heavy atom. The summed E-state index contributed by atoms with van der Waals surface area (Å²) in [5.74, 6) is 1.41. The van der Waals surface area contributed by atoms with Crippen LogP contribution in [0, 0.1) is 36.5 Å². The highest BCUT2D eigenvalue weighted by molar-refractivity contribution is 5.68. The van der Waals surface area contributed by atoms with Gasteiger partial charge in [-0.05, 0) is 73.5 Å². The van der Waals surface area contributed by atoms with Crippen LogP contribution in [0.2, 0.25) is 0 Å². The number of nitriles is 2. The van der Waals surface area contributed by atoms with Crippen molar-refractivity contribution < 1.29 is 0 Å². The molecule has 1 aromatic heterocycles. The molecule has 0 amide bonds. The number of aryl methyl sites for hydroxylation is 2. The minimum absolute atomic E-state index is 0.616. The van der Waals surface area contributed by atoms with Crippen LogP contribution >= 0.6 is 0 Å². The minimum atomic E-state index is 0.616. The maximum absolute atomic E-state index is 9.07. The molecule has 5 nitrogen and oxygen atoms in total. The van der Waals surface area contributed by atoms with Gasteiger partial charge in [0.15, 0.2) is 0 Å². The lowest BCUT2D eigenvalue weighted by atomic mass is 10.0. The quantitative estimate of drug-likeness (QED) is 0.704. The summed E-state index contributed by atoms with van der Waals surface area (Å²) >= 11 is 0. The van der Waals surface area contributed by atoms with E-state index in [1.807, 2.05) is 56.3 Å². The molecule has 0 atom stereocenters. The van der Waals surface area contributed by atoms with E-state index in [0.717, 1.165) is 22.5 Å². The van der Waals surface area contributed by atoms with Crippen molar-refractivity contribution >= 4 is 23.0 Å². The lowest BCUT2D eigenvalue weighted by molar-refractivity contribution is 1.26. The first-order valence-corrected chi connectivity index (χ1v) is 8.11. The molecule has 0 radical (unpaired) electrons. The van der Waals surface area contributed by atoms with Crippen LogP contribution in [0.1, 0.15) is 22.3 Å². The topological polar surface area (TPSA) is 84.5 Å². The molecule has 2 aromatic carbocycles. The third-order valence-electron chi connectivity index (χ3n) is 3.95. The van der Waals surface area contributed by atoms with Crippen LogP contribution in [0.3, 0.4) is 0 Å². The minimum Gasteiger partial charge on any atom is -0.340 e. The van der Waals surface area contributed by atoms with Gasteiger partial charge in [0.05, 0.1) is 23.3 Å². The molecule has 2 N–H and O–H groups in total. The second-order valence-corrected chi connectivity index (χ2v) is 5.94. The number of hydrogen-bond acceptors (Lipinski definition) is 5. The van der Waals surface area contributed by atoms with Crippen molar-refractivity contribution in [2.24, 2.45) is 0 Å². The molecule has 0 saturated carbocycles. The van der Waals surface area contributed by atoms with Gasteiger partial charge in [0.25, 0.3) is 0 Å². The number of nitrogens with one attached hydrogen (secondary N) is 2. The van der Waals surface area contributed by atoms with Gasteiger partial charge in [0, 0.05) is 11.4 Å². The molecule has 0 fully saturated rings. The first kappa shape index (κ1) is 17.0. The molecule has 1 heterocycles. The Bertz CT molecular complexity index is 1000. The lowest BCUT2D eigenvalue weighted by Gasteiger charge is -2.14. The Kier molecular flexibility index (Phi) is 4.83. The van der Waals surface area contributed by atoms with Crippen molar-refractivity contribution in [3.05, 3.63) is 76.9 Å². The van der Waals surface area contributed by atoms with Crippen molar-refractivity contribution in [3.8, 4) is 12.1 Å². The molecule has 126 valence electrons. The zero-order valence-electron chi connectivity index (χ0n) is 14.5. The number of benzene rings is 2. The molecule has 3 aromatic rings. The van der Waals surface area contributed by atoms with E-state index in [1.54, 1.807) is 12.1 Å². The highest BCUT2D eigenvalue weighted by Gasteiger charge is 2.07. The summed E-state index contributed by atoms with van der Waals surface area (Å²) in [5.41, 5.74) is 5.06. The molecular formula is C21H17N5. The second-order valence-electron chi connectivity index (χ2n) is 5.94. The van der Waals surface area contributed by atoms with Gasteiger partial charge < -0.3 is 10.6 Å². The number of aromatic nitrogens is 1. The molecular weight excluding hydrogens is 322 g/mol. The van der Waals surface area contributed by atoms with Gasteiger partial charge in [-0.2, -0.15) is 10.5 Å². The summed E-state index contributed by atoms with van der Waals surface area (Å²) in [6, 6.07) is 20.9. The van der Waals surface area contributed by atoms with E-state index < -0.39 is 0 Å². The number of rotatable bonds is 4. The van der Waals surface area contributed by atoms with Crippen molar-refractivity contribution in [3.63, 3.8) is 0 Å². The summed E-state index contributed by atoms with van der Waals surface area (Å²) in [7, 11) is 0. The molecule has 0 aliphatic rings. The predicted octanol–water partition coefficient (Wildman–Crippen LogP) is 4.93. The number of pyridine rings is 1. The molecule has 5 heteroatoms. The fraction of sp³-hybridized carbons (Fsp3) is 0.0952. The highest BCUT2D eigenvalue weighted by Crippen LogP contribution is 2.26. The number of anilines is 4. The van der Waals surface area contributed by atoms with Crippen LogP contribution in [0.4, 0.5) is 23.0 Å². The predicted molar refractivity (Wildman–Crippen MR) is 103 cm³/mol. The Labute approximate surface area is 152 Å². The first-order valence-electron chi connectivity index (χ1n) is 8.11. The molecule has 0 aliphatic carbocycles. The second kappa shape index (κ2) is 7.38. The Balaban J connectivity index is 1.82. The molecule has 0 saturated heterocycles. The average molecular weight is 339 g/mol. The van der Waals surface area contributed by atoms with Crippen LogP contribution in [0.25, 0.3) is 0 Å². The molecule has 0 aliphatic heterocycles. The highest BCUT2D eigenvalue weighted by atomic mass is 15.1. The van der Waals surface area contributed by atoms with Gasteiger partial charge >= 0.3 is 0 Å². The Hall–Kier alpha value is -3.83. The average Bonchev–Trinajstić information content (AvgIpc) is 2.65. The van der Waals surface area contributed by atoms with Crippen LogP contribution in [0.5, 0.6) is 0 Å². The van der Waals surface area contributed by atoms with E-state index in [2.05, 4.69) is 27.8 Å². The summed E-state index contributed by atoms with van der Waals surface area (Å²) in [6.45, 7) is 3.93. The molecule has 3 rings (SSSR count). The van der Waals surface area contributed by atoms with E-state index in [4.69, 9.17) is 10.5 Å². The van der Waals surface area contributed by atoms with Crippen LogP contribution in [0.15, 0.2) is 54.6 Å². The summed E-state index contributed by atoms with van der Waals surface area (Å²) in [6.07, 6.45) is 0. The Morgan fingerprint density at radius 3 is 1.92 bits per heavy atom. The molecule has 26 heavy (non-hydrogen) atoms. The summed E-state index contributed by atoms with van der Waals surface area (Å²) in [5, 5.41) is 24.5. The SMILES string of the molecule is Cc1cc(C#N)cc(C)c1Nc1cccc(Nc2ccc(C#N)cc2)n1. The van der Waals surface area contributed by atoms with Crippen LogP contribution in [-0.2, 0) is 0 Å². The van der Waals surface area contributed by atoms with Gasteiger partial charge in [0.1, 0.15) is 11.6 Å². The standard InChI is InChI=1S/C21H17N5/c1-14-10-17(13-23)11-15(2)21(14)26-20-5-3-4-19(25-20)24-18-8-6-16(12-22)7-9-18/h3-11H,1-2H3,(H2,24,25,26). The largest absolute Gasteiger partial charge is 0.340 e. The third-order valence-corrected chi connectivity index (χ3v) is 3.95. The van der Waals surface area contributed by atoms with Crippen LogP contribution in [-0.4, -0.2) is 4.98 Å². The fourth-order valence-electron chi connectivity index (χ4n) is 2.70. The van der Waals surface area contributed by atoms with Crippen molar-refractivity contribution in [2.45, 2.75) is 13.8 Å². The van der Waals surface area contributed by atoms with Crippen LogP contribution < -0.4 is 10.6 Å². The Morgan fingerprint density at radius 2 is 1.35 bits per heavy atom. The zero-order chi connectivity index (χ0) is 18.5. The lowest BCUT2D eigenvalue weighted by Crippen LogP contribution is -2.01. The van der Waals surface area contributed by atoms with E-state index in [0.29, 0.717) is 22.8 Å². The van der Waals surface area contributed by atoms with Gasteiger partial charge in [-0.15, -0.1) is 0 Å². The maximum Gasteiger partial charge on any atom is 0.132 e. The third kappa shape index (κ3) is 3.80. The van der Waals surface area contributed by atoms with E-state index in [1.165, 1.54) is 0 Å². The molecule has 0 bridgehead atoms. The number of nitrogens with zero attached hydrogens (tertiary/aromatic N) is 3. The normalized spacial score (nSPS) is 9.85. The van der Waals surface area contributed by atoms with Gasteiger partial charge in [-0.1, -0.05) is 6.07 Å². The fourth-order valence-corrected chi connectivity index (χ4v) is 2.70. The van der Waals surface area contributed by atoms with Gasteiger partial charge in [-0.3, -0.25) is 0 Å². The monoisotopic (exact) mass is 339 g/mol. The summed E-state index contributed by atoms with van der Waals surface area (Å²) < 4.78 is 0. The maximum atomic E-state index is 9.07. The van der Waals surface area contributed by atoms with Crippen molar-refractivity contribution in [2.75, 3.05) is 10.6 Å². The molecule has 0 unspecified atom stereocenters. The molecule has 0 spiro atoms. The van der Waals surface area contributed by atoms with Gasteiger partial charge in [0.2, 0.25) is 0 Å². The van der Waals surface area contributed by atoms with E-state index >= 15 is 0 Å². The van der Waals surface area contributed by atoms with Gasteiger partial charge in [-0.25, -0.2) is 4.98 Å². The van der Waals surface area contributed by atoms with E-state index in [-0.39, 0.29) is 0 Å². The number of hydrogen-bond donors (Lipinski definition) is 2. The zero-order valence-corrected chi connectivity index (χ0v) is 14.5. The first-order chi connectivity index (χ1) is 12.6. The van der Waals surface area contributed by atoms with E-state index in [9.17, 15) is 0 Å². The smallest absolute Gasteiger partial charge is 0.132 e.